The van der Waals surface area contributed by atoms with Gasteiger partial charge in [0.2, 0.25) is 0 Å². The molecule has 0 radical (unpaired) electrons. The van der Waals surface area contributed by atoms with Gasteiger partial charge in [-0.05, 0) is 62.7 Å². The number of piperidine rings is 1. The smallest absolute Gasteiger partial charge is 0.160 e. The Morgan fingerprint density at radius 1 is 1.04 bits per heavy atom. The fourth-order valence-electron chi connectivity index (χ4n) is 3.67. The molecule has 1 fully saturated rings. The third kappa shape index (κ3) is 3.02. The standard InChI is InChI=1S/C19H20F2N4/c1-13(15-5-6-16(20)17(21)12-15)24-10-7-14(8-11-24)19-23-22-18-4-2-3-9-25(18)19/h2-6,9,12-14H,7-8,10-11H2,1H3. The molecule has 0 amide bonds. The third-order valence-corrected chi connectivity index (χ3v) is 5.21. The van der Waals surface area contributed by atoms with Crippen LogP contribution in [0.1, 0.15) is 43.1 Å². The highest BCUT2D eigenvalue weighted by atomic mass is 19.2. The Labute approximate surface area is 145 Å². The molecule has 3 heterocycles. The van der Waals surface area contributed by atoms with Gasteiger partial charge in [0.15, 0.2) is 17.3 Å². The Morgan fingerprint density at radius 2 is 1.84 bits per heavy atom. The van der Waals surface area contributed by atoms with Crippen LogP contribution in [0.5, 0.6) is 0 Å². The number of fused-ring (bicyclic) bond motifs is 1. The van der Waals surface area contributed by atoms with E-state index >= 15 is 0 Å². The average molecular weight is 342 g/mol. The SMILES string of the molecule is CC(c1ccc(F)c(F)c1)N1CCC(c2nnc3ccccn23)CC1. The second-order valence-electron chi connectivity index (χ2n) is 6.65. The molecule has 1 aromatic carbocycles. The first-order chi connectivity index (χ1) is 12.1. The summed E-state index contributed by atoms with van der Waals surface area (Å²) in [7, 11) is 0. The summed E-state index contributed by atoms with van der Waals surface area (Å²) in [5.41, 5.74) is 1.68. The molecule has 1 aliphatic rings. The van der Waals surface area contributed by atoms with Gasteiger partial charge in [-0.2, -0.15) is 0 Å². The maximum absolute atomic E-state index is 13.5. The van der Waals surface area contributed by atoms with Gasteiger partial charge in [-0.3, -0.25) is 9.30 Å². The normalized spacial score (nSPS) is 17.9. The van der Waals surface area contributed by atoms with E-state index in [1.807, 2.05) is 31.3 Å². The van der Waals surface area contributed by atoms with E-state index in [0.29, 0.717) is 5.92 Å². The van der Waals surface area contributed by atoms with Crippen LogP contribution in [0.15, 0.2) is 42.6 Å². The molecule has 0 saturated carbocycles. The molecule has 0 spiro atoms. The minimum atomic E-state index is -0.798. The number of aromatic nitrogens is 3. The maximum atomic E-state index is 13.5. The van der Waals surface area contributed by atoms with Crippen LogP contribution in [0, 0.1) is 11.6 Å². The largest absolute Gasteiger partial charge is 0.297 e. The van der Waals surface area contributed by atoms with Crippen molar-refractivity contribution in [2.24, 2.45) is 0 Å². The van der Waals surface area contributed by atoms with Crippen molar-refractivity contribution in [1.82, 2.24) is 19.5 Å². The Hall–Kier alpha value is -2.34. The minimum absolute atomic E-state index is 0.0613. The van der Waals surface area contributed by atoms with Crippen LogP contribution < -0.4 is 0 Å². The van der Waals surface area contributed by atoms with E-state index in [1.165, 1.54) is 12.1 Å². The zero-order valence-electron chi connectivity index (χ0n) is 14.1. The molecule has 0 N–H and O–H groups in total. The van der Waals surface area contributed by atoms with Gasteiger partial charge in [-0.15, -0.1) is 10.2 Å². The van der Waals surface area contributed by atoms with Crippen LogP contribution >= 0.6 is 0 Å². The fraction of sp³-hybridized carbons (Fsp3) is 0.368. The Bertz CT molecular complexity index is 884. The molecule has 1 atom stereocenters. The van der Waals surface area contributed by atoms with Gasteiger partial charge in [-0.25, -0.2) is 8.78 Å². The summed E-state index contributed by atoms with van der Waals surface area (Å²) < 4.78 is 28.7. The lowest BCUT2D eigenvalue weighted by Gasteiger charge is -2.35. The van der Waals surface area contributed by atoms with Gasteiger partial charge in [0.25, 0.3) is 0 Å². The van der Waals surface area contributed by atoms with Crippen molar-refractivity contribution < 1.29 is 8.78 Å². The monoisotopic (exact) mass is 342 g/mol. The molecule has 1 unspecified atom stereocenters. The summed E-state index contributed by atoms with van der Waals surface area (Å²) in [6, 6.07) is 10.1. The number of halogens is 2. The predicted octanol–water partition coefficient (Wildman–Crippen LogP) is 3.95. The van der Waals surface area contributed by atoms with Crippen molar-refractivity contribution in [3.63, 3.8) is 0 Å². The number of pyridine rings is 1. The van der Waals surface area contributed by atoms with E-state index in [2.05, 4.69) is 19.5 Å². The molecule has 25 heavy (non-hydrogen) atoms. The van der Waals surface area contributed by atoms with E-state index in [9.17, 15) is 8.78 Å². The first kappa shape index (κ1) is 16.1. The first-order valence-corrected chi connectivity index (χ1v) is 8.62. The number of benzene rings is 1. The highest BCUT2D eigenvalue weighted by molar-refractivity contribution is 5.37. The van der Waals surface area contributed by atoms with Crippen LogP contribution in [-0.2, 0) is 0 Å². The molecule has 4 rings (SSSR count). The Balaban J connectivity index is 1.46. The second-order valence-corrected chi connectivity index (χ2v) is 6.65. The molecule has 0 aliphatic carbocycles. The maximum Gasteiger partial charge on any atom is 0.160 e. The van der Waals surface area contributed by atoms with E-state index < -0.39 is 11.6 Å². The molecule has 0 bridgehead atoms. The summed E-state index contributed by atoms with van der Waals surface area (Å²) in [4.78, 5) is 2.31. The number of likely N-dealkylation sites (tertiary alicyclic amines) is 1. The summed E-state index contributed by atoms with van der Waals surface area (Å²) in [6.45, 7) is 3.83. The van der Waals surface area contributed by atoms with Crippen LogP contribution in [0.4, 0.5) is 8.78 Å². The lowest BCUT2D eigenvalue weighted by molar-refractivity contribution is 0.159. The number of nitrogens with zero attached hydrogens (tertiary/aromatic N) is 4. The van der Waals surface area contributed by atoms with Crippen molar-refractivity contribution in [3.8, 4) is 0 Å². The van der Waals surface area contributed by atoms with Gasteiger partial charge >= 0.3 is 0 Å². The van der Waals surface area contributed by atoms with E-state index in [1.54, 1.807) is 6.07 Å². The lowest BCUT2D eigenvalue weighted by atomic mass is 9.94. The van der Waals surface area contributed by atoms with Gasteiger partial charge in [0, 0.05) is 18.2 Å². The van der Waals surface area contributed by atoms with Crippen LogP contribution in [0.2, 0.25) is 0 Å². The lowest BCUT2D eigenvalue weighted by Crippen LogP contribution is -2.35. The molecule has 1 saturated heterocycles. The van der Waals surface area contributed by atoms with E-state index in [-0.39, 0.29) is 6.04 Å². The summed E-state index contributed by atoms with van der Waals surface area (Å²) >= 11 is 0. The average Bonchev–Trinajstić information content (AvgIpc) is 3.08. The highest BCUT2D eigenvalue weighted by Crippen LogP contribution is 2.31. The number of hydrogen-bond donors (Lipinski definition) is 0. The quantitative estimate of drug-likeness (QED) is 0.723. The first-order valence-electron chi connectivity index (χ1n) is 8.62. The van der Waals surface area contributed by atoms with Crippen LogP contribution in [0.3, 0.4) is 0 Å². The molecular formula is C19H20F2N4. The van der Waals surface area contributed by atoms with Gasteiger partial charge in [-0.1, -0.05) is 12.1 Å². The number of hydrogen-bond acceptors (Lipinski definition) is 3. The molecule has 4 nitrogen and oxygen atoms in total. The van der Waals surface area contributed by atoms with Crippen molar-refractivity contribution in [2.45, 2.75) is 31.7 Å². The minimum Gasteiger partial charge on any atom is -0.297 e. The van der Waals surface area contributed by atoms with Crippen molar-refractivity contribution in [2.75, 3.05) is 13.1 Å². The van der Waals surface area contributed by atoms with Gasteiger partial charge in [0.05, 0.1) is 0 Å². The van der Waals surface area contributed by atoms with Gasteiger partial charge < -0.3 is 0 Å². The van der Waals surface area contributed by atoms with Crippen molar-refractivity contribution >= 4 is 5.65 Å². The predicted molar refractivity (Wildman–Crippen MR) is 91.3 cm³/mol. The molecule has 2 aromatic heterocycles. The molecule has 6 heteroatoms. The van der Waals surface area contributed by atoms with E-state index in [0.717, 1.165) is 43.0 Å². The molecule has 130 valence electrons. The zero-order chi connectivity index (χ0) is 17.4. The highest BCUT2D eigenvalue weighted by Gasteiger charge is 2.27. The van der Waals surface area contributed by atoms with Crippen LogP contribution in [0.25, 0.3) is 5.65 Å². The Morgan fingerprint density at radius 3 is 2.60 bits per heavy atom. The van der Waals surface area contributed by atoms with Crippen molar-refractivity contribution in [3.05, 3.63) is 65.6 Å². The Kier molecular flexibility index (Phi) is 4.21. The fourth-order valence-corrected chi connectivity index (χ4v) is 3.67. The molecular weight excluding hydrogens is 322 g/mol. The summed E-state index contributed by atoms with van der Waals surface area (Å²) in [6.07, 6.45) is 3.95. The zero-order valence-corrected chi connectivity index (χ0v) is 14.1. The molecule has 3 aromatic rings. The third-order valence-electron chi connectivity index (χ3n) is 5.21. The summed E-state index contributed by atoms with van der Waals surface area (Å²) in [5, 5.41) is 8.61. The van der Waals surface area contributed by atoms with Crippen molar-refractivity contribution in [1.29, 1.82) is 0 Å². The van der Waals surface area contributed by atoms with E-state index in [4.69, 9.17) is 0 Å². The number of rotatable bonds is 3. The topological polar surface area (TPSA) is 33.4 Å². The van der Waals surface area contributed by atoms with Crippen LogP contribution in [-0.4, -0.2) is 32.6 Å². The van der Waals surface area contributed by atoms with Gasteiger partial charge in [0.1, 0.15) is 5.82 Å². The second kappa shape index (κ2) is 6.52. The molecule has 1 aliphatic heterocycles. The summed E-state index contributed by atoms with van der Waals surface area (Å²) in [5.74, 6) is -0.205.